The molecule has 0 unspecified atom stereocenters. The highest BCUT2D eigenvalue weighted by Gasteiger charge is 2.26. The summed E-state index contributed by atoms with van der Waals surface area (Å²) in [5.74, 6) is 0. The fourth-order valence-corrected chi connectivity index (χ4v) is 1.46. The van der Waals surface area contributed by atoms with Gasteiger partial charge in [-0.1, -0.05) is 0 Å². The van der Waals surface area contributed by atoms with E-state index in [0.29, 0.717) is 6.42 Å². The highest BCUT2D eigenvalue weighted by atomic mass is 28.4. The van der Waals surface area contributed by atoms with Crippen molar-refractivity contribution in [2.45, 2.75) is 19.0 Å². The molecule has 0 aliphatic heterocycles. The van der Waals surface area contributed by atoms with Crippen molar-refractivity contribution in [1.29, 1.82) is 0 Å². The molecular weight excluding hydrogens is 184 g/mol. The minimum Gasteiger partial charge on any atom is -0.453 e. The van der Waals surface area contributed by atoms with E-state index in [2.05, 4.69) is 10.1 Å². The van der Waals surface area contributed by atoms with Gasteiger partial charge in [-0.2, -0.15) is 0 Å². The minimum absolute atomic E-state index is 0.0863. The second kappa shape index (κ2) is 5.07. The van der Waals surface area contributed by atoms with Gasteiger partial charge >= 0.3 is 14.8 Å². The second-order valence-corrected chi connectivity index (χ2v) is 5.23. The smallest absolute Gasteiger partial charge is 0.422 e. The molecule has 0 aliphatic carbocycles. The molecule has 0 rings (SSSR count). The minimum atomic E-state index is -3.93. The Bertz CT molecular complexity index is 149. The Morgan fingerprint density at radius 2 is 2.17 bits per heavy atom. The van der Waals surface area contributed by atoms with Gasteiger partial charge in [0.2, 0.25) is 0 Å². The van der Waals surface area contributed by atoms with Gasteiger partial charge in [-0.3, -0.25) is 8.22 Å². The summed E-state index contributed by atoms with van der Waals surface area (Å²) >= 11 is 0. The third kappa shape index (κ3) is 7.45. The van der Waals surface area contributed by atoms with Crippen LogP contribution >= 0.6 is 0 Å². The molecule has 0 spiro atoms. The Balaban J connectivity index is 3.28. The molecule has 1 N–H and O–H groups in total. The van der Waals surface area contributed by atoms with Gasteiger partial charge < -0.3 is 10.1 Å². The number of halogens is 2. The van der Waals surface area contributed by atoms with E-state index in [1.165, 1.54) is 7.11 Å². The van der Waals surface area contributed by atoms with Crippen molar-refractivity contribution >= 4 is 14.8 Å². The van der Waals surface area contributed by atoms with Crippen molar-refractivity contribution in [3.8, 4) is 0 Å². The van der Waals surface area contributed by atoms with Crippen LogP contribution in [0.2, 0.25) is 12.6 Å². The van der Waals surface area contributed by atoms with Crippen molar-refractivity contribution in [2.75, 3.05) is 13.7 Å². The topological polar surface area (TPSA) is 38.3 Å². The highest BCUT2D eigenvalue weighted by molar-refractivity contribution is 6.64. The first-order valence-corrected chi connectivity index (χ1v) is 6.11. The number of rotatable bonds is 4. The Hall–Kier alpha value is -0.653. The van der Waals surface area contributed by atoms with Crippen LogP contribution in [0.25, 0.3) is 0 Å². The first-order valence-electron chi connectivity index (χ1n) is 3.65. The predicted molar refractivity (Wildman–Crippen MR) is 43.7 cm³/mol. The van der Waals surface area contributed by atoms with E-state index in [0.717, 1.165) is 6.55 Å². The Morgan fingerprint density at radius 3 is 2.58 bits per heavy atom. The van der Waals surface area contributed by atoms with Gasteiger partial charge in [0.1, 0.15) is 0 Å². The van der Waals surface area contributed by atoms with Crippen LogP contribution in [0.4, 0.5) is 13.0 Å². The highest BCUT2D eigenvalue weighted by Crippen LogP contribution is 2.13. The average molecular weight is 197 g/mol. The van der Waals surface area contributed by atoms with Crippen LogP contribution in [0.1, 0.15) is 6.42 Å². The van der Waals surface area contributed by atoms with Crippen LogP contribution in [-0.4, -0.2) is 28.5 Å². The van der Waals surface area contributed by atoms with Gasteiger partial charge in [0.05, 0.1) is 7.11 Å². The number of methoxy groups -OCH3 is 1. The molecule has 0 radical (unpaired) electrons. The zero-order valence-corrected chi connectivity index (χ0v) is 8.19. The number of ether oxygens (including phenoxy) is 1. The molecule has 0 saturated heterocycles. The average Bonchev–Trinajstić information content (AvgIpc) is 1.96. The third-order valence-corrected chi connectivity index (χ3v) is 2.48. The molecule has 0 aromatic rings. The second-order valence-electron chi connectivity index (χ2n) is 2.59. The van der Waals surface area contributed by atoms with Crippen molar-refractivity contribution < 1.29 is 17.7 Å². The van der Waals surface area contributed by atoms with Crippen LogP contribution in [0.15, 0.2) is 0 Å². The van der Waals surface area contributed by atoms with Crippen LogP contribution in [-0.2, 0) is 4.74 Å². The van der Waals surface area contributed by atoms with Crippen molar-refractivity contribution in [3.63, 3.8) is 0 Å². The fraction of sp³-hybridized carbons (Fsp3) is 0.833. The van der Waals surface area contributed by atoms with E-state index < -0.39 is 14.8 Å². The number of alkyl carbamates (subject to hydrolysis) is 1. The lowest BCUT2D eigenvalue weighted by Gasteiger charge is -2.06. The van der Waals surface area contributed by atoms with E-state index in [1.54, 1.807) is 0 Å². The number of carbonyl (C=O) groups excluding carboxylic acids is 1. The summed E-state index contributed by atoms with van der Waals surface area (Å²) in [6, 6.07) is -0.0863. The zero-order chi connectivity index (χ0) is 9.61. The van der Waals surface area contributed by atoms with Gasteiger partial charge in [0.15, 0.2) is 0 Å². The van der Waals surface area contributed by atoms with Gasteiger partial charge in [0.25, 0.3) is 0 Å². The Labute approximate surface area is 71.4 Å². The van der Waals surface area contributed by atoms with Gasteiger partial charge in [-0.05, 0) is 13.0 Å². The summed E-state index contributed by atoms with van der Waals surface area (Å²) in [4.78, 5) is 10.4. The molecule has 0 fully saturated rings. The summed E-state index contributed by atoms with van der Waals surface area (Å²) in [6.45, 7) is 1.24. The molecule has 0 heterocycles. The largest absolute Gasteiger partial charge is 0.453 e. The molecule has 12 heavy (non-hydrogen) atoms. The summed E-state index contributed by atoms with van der Waals surface area (Å²) in [7, 11) is -2.70. The van der Waals surface area contributed by atoms with Crippen LogP contribution in [0, 0.1) is 0 Å². The predicted octanol–water partition coefficient (Wildman–Crippen LogP) is 1.74. The lowest BCUT2D eigenvalue weighted by molar-refractivity contribution is 0.171. The van der Waals surface area contributed by atoms with Gasteiger partial charge in [0, 0.05) is 12.6 Å². The lowest BCUT2D eigenvalue weighted by Crippen LogP contribution is -2.26. The Kier molecular flexibility index (Phi) is 4.80. The first kappa shape index (κ1) is 11.3. The Morgan fingerprint density at radius 1 is 1.58 bits per heavy atom. The molecule has 3 nitrogen and oxygen atoms in total. The molecule has 0 aromatic heterocycles. The molecule has 0 aliphatic rings. The monoisotopic (exact) mass is 197 g/mol. The molecule has 0 atom stereocenters. The molecule has 0 bridgehead atoms. The molecular formula is C6H13F2NO2Si. The maximum Gasteiger partial charge on any atom is 0.422 e. The molecule has 72 valence electrons. The quantitative estimate of drug-likeness (QED) is 0.423. The van der Waals surface area contributed by atoms with E-state index in [1.807, 2.05) is 0 Å². The maximum absolute atomic E-state index is 12.3. The van der Waals surface area contributed by atoms with Crippen molar-refractivity contribution in [3.05, 3.63) is 0 Å². The summed E-state index contributed by atoms with van der Waals surface area (Å²) in [6.07, 6.45) is -0.263. The number of carbonyl (C=O) groups is 1. The number of hydrogen-bond acceptors (Lipinski definition) is 2. The summed E-state index contributed by atoms with van der Waals surface area (Å²) < 4.78 is 28.9. The van der Waals surface area contributed by atoms with Crippen molar-refractivity contribution in [1.82, 2.24) is 5.32 Å². The van der Waals surface area contributed by atoms with Gasteiger partial charge in [-0.15, -0.1) is 0 Å². The fourth-order valence-electron chi connectivity index (χ4n) is 0.661. The zero-order valence-electron chi connectivity index (χ0n) is 7.19. The van der Waals surface area contributed by atoms with Crippen LogP contribution < -0.4 is 5.32 Å². The number of hydrogen-bond donors (Lipinski definition) is 1. The van der Waals surface area contributed by atoms with Gasteiger partial charge in [-0.25, -0.2) is 4.79 Å². The first-order chi connectivity index (χ1) is 5.45. The third-order valence-electron chi connectivity index (χ3n) is 1.25. The molecule has 0 aromatic carbocycles. The molecule has 1 amide bonds. The lowest BCUT2D eigenvalue weighted by atomic mass is 10.5. The molecule has 6 heteroatoms. The number of nitrogens with one attached hydrogen (secondary N) is 1. The molecule has 0 saturated carbocycles. The summed E-state index contributed by atoms with van der Waals surface area (Å²) in [5.41, 5.74) is 0. The van der Waals surface area contributed by atoms with E-state index in [9.17, 15) is 13.0 Å². The van der Waals surface area contributed by atoms with E-state index in [4.69, 9.17) is 0 Å². The number of amides is 1. The SMILES string of the molecule is COC(=O)NCCC[Si](C)(F)F. The normalized spacial score (nSPS) is 11.0. The van der Waals surface area contributed by atoms with Crippen LogP contribution in [0.3, 0.4) is 0 Å². The van der Waals surface area contributed by atoms with E-state index in [-0.39, 0.29) is 12.6 Å². The maximum atomic E-state index is 12.3. The van der Waals surface area contributed by atoms with Crippen molar-refractivity contribution in [2.24, 2.45) is 0 Å². The standard InChI is InChI=1S/C6H13F2NO2Si/c1-11-6(10)9-4-3-5-12(2,7)8/h3-5H2,1-2H3,(H,9,10). The van der Waals surface area contributed by atoms with E-state index >= 15 is 0 Å². The summed E-state index contributed by atoms with van der Waals surface area (Å²) in [5, 5.41) is 2.33. The van der Waals surface area contributed by atoms with Crippen LogP contribution in [0.5, 0.6) is 0 Å².